The summed E-state index contributed by atoms with van der Waals surface area (Å²) < 4.78 is 0. The molecular formula is C12H16N2. The fraction of sp³-hybridized carbons (Fsp3) is 0.500. The van der Waals surface area contributed by atoms with Crippen LogP contribution in [0.1, 0.15) is 12.0 Å². The number of rotatable bonds is 1. The Morgan fingerprint density at radius 3 is 3.07 bits per heavy atom. The third-order valence-electron chi connectivity index (χ3n) is 3.59. The van der Waals surface area contributed by atoms with Crippen LogP contribution in [-0.4, -0.2) is 19.1 Å². The molecule has 2 nitrogen and oxygen atoms in total. The van der Waals surface area contributed by atoms with Gasteiger partial charge >= 0.3 is 0 Å². The zero-order chi connectivity index (χ0) is 9.54. The van der Waals surface area contributed by atoms with Crippen molar-refractivity contribution in [3.63, 3.8) is 0 Å². The number of fused-ring (bicyclic) bond motifs is 3. The second-order valence-electron chi connectivity index (χ2n) is 4.48. The molecule has 2 atom stereocenters. The van der Waals surface area contributed by atoms with E-state index in [1.165, 1.54) is 24.1 Å². The maximum absolute atomic E-state index is 5.73. The molecule has 0 saturated carbocycles. The maximum Gasteiger partial charge on any atom is 0.0402 e. The monoisotopic (exact) mass is 188 g/mol. The second kappa shape index (κ2) is 2.99. The highest BCUT2D eigenvalue weighted by Crippen LogP contribution is 2.39. The van der Waals surface area contributed by atoms with Crippen molar-refractivity contribution < 1.29 is 0 Å². The van der Waals surface area contributed by atoms with Crippen LogP contribution in [0.3, 0.4) is 0 Å². The van der Waals surface area contributed by atoms with Gasteiger partial charge in [-0.1, -0.05) is 18.2 Å². The Morgan fingerprint density at radius 1 is 1.36 bits per heavy atom. The van der Waals surface area contributed by atoms with Crippen molar-refractivity contribution in [1.29, 1.82) is 0 Å². The smallest absolute Gasteiger partial charge is 0.0402 e. The first-order chi connectivity index (χ1) is 6.88. The lowest BCUT2D eigenvalue weighted by atomic mass is 10.0. The molecule has 0 aliphatic carbocycles. The molecule has 0 bridgehead atoms. The quantitative estimate of drug-likeness (QED) is 0.721. The van der Waals surface area contributed by atoms with Gasteiger partial charge in [-0.2, -0.15) is 0 Å². The number of anilines is 1. The van der Waals surface area contributed by atoms with Gasteiger partial charge in [-0.15, -0.1) is 0 Å². The Hall–Kier alpha value is -1.02. The summed E-state index contributed by atoms with van der Waals surface area (Å²) in [6.45, 7) is 2.01. The van der Waals surface area contributed by atoms with Crippen LogP contribution in [0, 0.1) is 5.92 Å². The Labute approximate surface area is 84.7 Å². The van der Waals surface area contributed by atoms with Gasteiger partial charge in [-0.05, 0) is 36.9 Å². The molecule has 2 unspecified atom stereocenters. The van der Waals surface area contributed by atoms with Gasteiger partial charge in [-0.25, -0.2) is 0 Å². The van der Waals surface area contributed by atoms with Crippen LogP contribution >= 0.6 is 0 Å². The summed E-state index contributed by atoms with van der Waals surface area (Å²) in [4.78, 5) is 2.55. The molecule has 0 radical (unpaired) electrons. The number of hydrogen-bond donors (Lipinski definition) is 1. The topological polar surface area (TPSA) is 29.3 Å². The summed E-state index contributed by atoms with van der Waals surface area (Å²) in [6.07, 6.45) is 2.51. The van der Waals surface area contributed by atoms with E-state index >= 15 is 0 Å². The van der Waals surface area contributed by atoms with E-state index in [4.69, 9.17) is 5.73 Å². The Balaban J connectivity index is 1.92. The van der Waals surface area contributed by atoms with Gasteiger partial charge in [-0.3, -0.25) is 0 Å². The first-order valence-electron chi connectivity index (χ1n) is 5.43. The van der Waals surface area contributed by atoms with Crippen molar-refractivity contribution in [1.82, 2.24) is 0 Å². The van der Waals surface area contributed by atoms with E-state index in [1.807, 2.05) is 0 Å². The van der Waals surface area contributed by atoms with Crippen LogP contribution < -0.4 is 10.6 Å². The van der Waals surface area contributed by atoms with Crippen LogP contribution in [-0.2, 0) is 6.42 Å². The van der Waals surface area contributed by atoms with Crippen LogP contribution in [0.25, 0.3) is 0 Å². The highest BCUT2D eigenvalue weighted by Gasteiger charge is 2.36. The summed E-state index contributed by atoms with van der Waals surface area (Å²) in [5.74, 6) is 0.716. The molecule has 2 aliphatic heterocycles. The summed E-state index contributed by atoms with van der Waals surface area (Å²) in [6, 6.07) is 9.51. The van der Waals surface area contributed by atoms with Crippen molar-refractivity contribution in [2.45, 2.75) is 18.9 Å². The Morgan fingerprint density at radius 2 is 2.21 bits per heavy atom. The first kappa shape index (κ1) is 8.30. The molecule has 2 N–H and O–H groups in total. The minimum Gasteiger partial charge on any atom is -0.368 e. The fourth-order valence-electron chi connectivity index (χ4n) is 2.89. The summed E-state index contributed by atoms with van der Waals surface area (Å²) in [7, 11) is 0. The van der Waals surface area contributed by atoms with Crippen molar-refractivity contribution in [2.24, 2.45) is 11.7 Å². The van der Waals surface area contributed by atoms with Gasteiger partial charge in [0, 0.05) is 18.3 Å². The molecule has 3 rings (SSSR count). The summed E-state index contributed by atoms with van der Waals surface area (Å²) in [5, 5.41) is 0. The zero-order valence-electron chi connectivity index (χ0n) is 8.32. The third kappa shape index (κ3) is 1.07. The molecule has 1 fully saturated rings. The largest absolute Gasteiger partial charge is 0.368 e. The molecule has 0 spiro atoms. The molecular weight excluding hydrogens is 172 g/mol. The number of benzene rings is 1. The van der Waals surface area contributed by atoms with Gasteiger partial charge in [0.1, 0.15) is 0 Å². The van der Waals surface area contributed by atoms with E-state index in [1.54, 1.807) is 0 Å². The number of nitrogens with two attached hydrogens (primary N) is 1. The van der Waals surface area contributed by atoms with Gasteiger partial charge < -0.3 is 10.6 Å². The molecule has 0 aromatic heterocycles. The second-order valence-corrected chi connectivity index (χ2v) is 4.48. The van der Waals surface area contributed by atoms with Crippen molar-refractivity contribution in [3.8, 4) is 0 Å². The minimum atomic E-state index is 0.716. The molecule has 1 aromatic carbocycles. The number of para-hydroxylation sites is 1. The lowest BCUT2D eigenvalue weighted by Crippen LogP contribution is -2.25. The van der Waals surface area contributed by atoms with Gasteiger partial charge in [0.2, 0.25) is 0 Å². The number of nitrogens with zero attached hydrogens (tertiary/aromatic N) is 1. The molecule has 74 valence electrons. The Kier molecular flexibility index (Phi) is 1.77. The Bertz CT molecular complexity index is 348. The van der Waals surface area contributed by atoms with E-state index < -0.39 is 0 Å². The molecule has 2 aliphatic rings. The SMILES string of the molecule is NCC1CC2Cc3ccccc3N2C1. The van der Waals surface area contributed by atoms with Crippen LogP contribution in [0.5, 0.6) is 0 Å². The molecule has 2 heterocycles. The summed E-state index contributed by atoms with van der Waals surface area (Å²) in [5.41, 5.74) is 8.70. The number of hydrogen-bond acceptors (Lipinski definition) is 2. The predicted octanol–water partition coefficient (Wildman–Crippen LogP) is 1.40. The maximum atomic E-state index is 5.73. The average molecular weight is 188 g/mol. The highest BCUT2D eigenvalue weighted by molar-refractivity contribution is 5.60. The van der Waals surface area contributed by atoms with Gasteiger partial charge in [0.25, 0.3) is 0 Å². The van der Waals surface area contributed by atoms with Crippen LogP contribution in [0.4, 0.5) is 5.69 Å². The molecule has 1 aromatic rings. The van der Waals surface area contributed by atoms with Crippen molar-refractivity contribution in [2.75, 3.05) is 18.0 Å². The lowest BCUT2D eigenvalue weighted by molar-refractivity contribution is 0.566. The van der Waals surface area contributed by atoms with Crippen molar-refractivity contribution >= 4 is 5.69 Å². The summed E-state index contributed by atoms with van der Waals surface area (Å²) >= 11 is 0. The fourth-order valence-corrected chi connectivity index (χ4v) is 2.89. The standard InChI is InChI=1S/C12H16N2/c13-7-9-5-11-6-10-3-1-2-4-12(10)14(11)8-9/h1-4,9,11H,5-8,13H2. The van der Waals surface area contributed by atoms with E-state index in [2.05, 4.69) is 29.2 Å². The normalized spacial score (nSPS) is 29.1. The molecule has 14 heavy (non-hydrogen) atoms. The average Bonchev–Trinajstić information content (AvgIpc) is 2.73. The third-order valence-corrected chi connectivity index (χ3v) is 3.59. The molecule has 2 heteroatoms. The highest BCUT2D eigenvalue weighted by atomic mass is 15.2. The minimum absolute atomic E-state index is 0.716. The van der Waals surface area contributed by atoms with E-state index in [0.29, 0.717) is 5.92 Å². The van der Waals surface area contributed by atoms with E-state index in [0.717, 1.165) is 19.1 Å². The van der Waals surface area contributed by atoms with Crippen LogP contribution in [0.2, 0.25) is 0 Å². The predicted molar refractivity (Wildman–Crippen MR) is 58.4 cm³/mol. The van der Waals surface area contributed by atoms with E-state index in [-0.39, 0.29) is 0 Å². The van der Waals surface area contributed by atoms with Crippen molar-refractivity contribution in [3.05, 3.63) is 29.8 Å². The zero-order valence-corrected chi connectivity index (χ0v) is 8.32. The van der Waals surface area contributed by atoms with Gasteiger partial charge in [0.05, 0.1) is 0 Å². The first-order valence-corrected chi connectivity index (χ1v) is 5.43. The van der Waals surface area contributed by atoms with Crippen LogP contribution in [0.15, 0.2) is 24.3 Å². The lowest BCUT2D eigenvalue weighted by Gasteiger charge is -2.18. The molecule has 1 saturated heterocycles. The van der Waals surface area contributed by atoms with Gasteiger partial charge in [0.15, 0.2) is 0 Å². The molecule has 0 amide bonds. The van der Waals surface area contributed by atoms with E-state index in [9.17, 15) is 0 Å².